The van der Waals surface area contributed by atoms with Gasteiger partial charge in [-0.1, -0.05) is 29.8 Å². The van der Waals surface area contributed by atoms with Gasteiger partial charge in [-0.3, -0.25) is 0 Å². The van der Waals surface area contributed by atoms with Gasteiger partial charge in [0.05, 0.1) is 6.10 Å². The van der Waals surface area contributed by atoms with Crippen molar-refractivity contribution in [1.29, 1.82) is 0 Å². The molecule has 0 saturated heterocycles. The number of hydrogen-bond donors (Lipinski definition) is 3. The van der Waals surface area contributed by atoms with E-state index in [1.807, 2.05) is 76.2 Å². The number of nitrogens with one attached hydrogen (secondary N) is 3. The largest absolute Gasteiger partial charge is 0.491 e. The molecule has 0 bridgehead atoms. The number of ether oxygens (including phenoxy) is 1. The van der Waals surface area contributed by atoms with Crippen LogP contribution in [0.15, 0.2) is 53.5 Å². The molecule has 0 unspecified atom stereocenters. The van der Waals surface area contributed by atoms with Crippen LogP contribution in [0.2, 0.25) is 5.02 Å². The molecule has 0 atom stereocenters. The van der Waals surface area contributed by atoms with Crippen molar-refractivity contribution in [3.8, 4) is 5.75 Å². The van der Waals surface area contributed by atoms with Gasteiger partial charge in [-0.25, -0.2) is 4.79 Å². The highest BCUT2D eigenvalue weighted by Gasteiger charge is 2.08. The zero-order valence-electron chi connectivity index (χ0n) is 16.6. The Bertz CT molecular complexity index is 804. The minimum atomic E-state index is -0.427. The molecule has 0 fully saturated rings. The van der Waals surface area contributed by atoms with Gasteiger partial charge in [-0.15, -0.1) is 0 Å². The Balaban J connectivity index is 2.12. The summed E-state index contributed by atoms with van der Waals surface area (Å²) in [5, 5.41) is 9.67. The van der Waals surface area contributed by atoms with Crippen LogP contribution in [0.25, 0.3) is 0 Å². The molecule has 0 aliphatic carbocycles. The number of rotatable bonds is 6. The monoisotopic (exact) mass is 402 g/mol. The number of hydrogen-bond acceptors (Lipinski definition) is 2. The SMILES string of the molecule is CC(C)NC(=O)/N=C(\NCc1ccccc1Cl)Nc1ccc(OC(C)C)cc1. The smallest absolute Gasteiger partial charge is 0.344 e. The summed E-state index contributed by atoms with van der Waals surface area (Å²) in [6.45, 7) is 8.14. The van der Waals surface area contributed by atoms with Gasteiger partial charge in [0.1, 0.15) is 5.75 Å². The highest BCUT2D eigenvalue weighted by molar-refractivity contribution is 6.31. The zero-order valence-corrected chi connectivity index (χ0v) is 17.4. The van der Waals surface area contributed by atoms with Gasteiger partial charge in [0.15, 0.2) is 0 Å². The fraction of sp³-hybridized carbons (Fsp3) is 0.333. The number of anilines is 1. The lowest BCUT2D eigenvalue weighted by atomic mass is 10.2. The highest BCUT2D eigenvalue weighted by Crippen LogP contribution is 2.17. The lowest BCUT2D eigenvalue weighted by molar-refractivity contribution is 0.242. The summed E-state index contributed by atoms with van der Waals surface area (Å²) < 4.78 is 5.65. The Hall–Kier alpha value is -2.73. The average Bonchev–Trinajstić information content (AvgIpc) is 2.61. The predicted octanol–water partition coefficient (Wildman–Crippen LogP) is 4.80. The highest BCUT2D eigenvalue weighted by atomic mass is 35.5. The molecule has 0 radical (unpaired) electrons. The number of nitrogens with zero attached hydrogens (tertiary/aromatic N) is 1. The normalized spacial score (nSPS) is 11.5. The van der Waals surface area contributed by atoms with Crippen LogP contribution in [0.3, 0.4) is 0 Å². The quantitative estimate of drug-likeness (QED) is 0.479. The number of guanidine groups is 1. The fourth-order valence-electron chi connectivity index (χ4n) is 2.34. The van der Waals surface area contributed by atoms with Crippen LogP contribution in [0.5, 0.6) is 5.75 Å². The van der Waals surface area contributed by atoms with Gasteiger partial charge in [0.25, 0.3) is 0 Å². The van der Waals surface area contributed by atoms with Gasteiger partial charge < -0.3 is 20.7 Å². The fourth-order valence-corrected chi connectivity index (χ4v) is 2.54. The van der Waals surface area contributed by atoms with E-state index in [0.717, 1.165) is 17.0 Å². The van der Waals surface area contributed by atoms with Crippen LogP contribution in [0, 0.1) is 0 Å². The molecule has 3 N–H and O–H groups in total. The molecular formula is C21H27ClN4O2. The third-order valence-corrected chi connectivity index (χ3v) is 3.89. The molecule has 7 heteroatoms. The molecule has 0 saturated carbocycles. The van der Waals surface area contributed by atoms with Gasteiger partial charge >= 0.3 is 6.03 Å². The number of aliphatic imine (C=N–C) groups is 1. The van der Waals surface area contributed by atoms with Crippen molar-refractivity contribution in [2.75, 3.05) is 5.32 Å². The van der Waals surface area contributed by atoms with Crippen molar-refractivity contribution in [1.82, 2.24) is 10.6 Å². The van der Waals surface area contributed by atoms with E-state index in [2.05, 4.69) is 20.9 Å². The maximum atomic E-state index is 12.1. The first-order valence-corrected chi connectivity index (χ1v) is 9.61. The summed E-state index contributed by atoms with van der Waals surface area (Å²) in [6, 6.07) is 14.5. The molecule has 6 nitrogen and oxygen atoms in total. The van der Waals surface area contributed by atoms with E-state index >= 15 is 0 Å². The Kier molecular flexibility index (Phi) is 8.14. The lowest BCUT2D eigenvalue weighted by Gasteiger charge is -2.15. The first kappa shape index (κ1) is 21.6. The average molecular weight is 403 g/mol. The maximum absolute atomic E-state index is 12.1. The molecule has 0 aliphatic heterocycles. The van der Waals surface area contributed by atoms with Crippen LogP contribution in [0.4, 0.5) is 10.5 Å². The van der Waals surface area contributed by atoms with Crippen LogP contribution in [-0.2, 0) is 6.54 Å². The van der Waals surface area contributed by atoms with Crippen molar-refractivity contribution in [3.63, 3.8) is 0 Å². The van der Waals surface area contributed by atoms with E-state index in [4.69, 9.17) is 16.3 Å². The van der Waals surface area contributed by atoms with E-state index in [1.165, 1.54) is 0 Å². The summed E-state index contributed by atoms with van der Waals surface area (Å²) in [4.78, 5) is 16.2. The van der Waals surface area contributed by atoms with Gasteiger partial charge in [0, 0.05) is 23.3 Å². The van der Waals surface area contributed by atoms with Crippen LogP contribution in [0.1, 0.15) is 33.3 Å². The Labute approximate surface area is 171 Å². The molecule has 150 valence electrons. The topological polar surface area (TPSA) is 74.8 Å². The van der Waals surface area contributed by atoms with E-state index < -0.39 is 6.03 Å². The summed E-state index contributed by atoms with van der Waals surface area (Å²) in [5.41, 5.74) is 1.68. The van der Waals surface area contributed by atoms with Crippen molar-refractivity contribution in [2.24, 2.45) is 4.99 Å². The number of carbonyl (C=O) groups is 1. The molecule has 28 heavy (non-hydrogen) atoms. The lowest BCUT2D eigenvalue weighted by Crippen LogP contribution is -2.35. The number of halogens is 1. The van der Waals surface area contributed by atoms with E-state index in [1.54, 1.807) is 0 Å². The van der Waals surface area contributed by atoms with Crippen molar-refractivity contribution in [2.45, 2.75) is 46.4 Å². The molecule has 0 spiro atoms. The van der Waals surface area contributed by atoms with Crippen molar-refractivity contribution >= 4 is 29.3 Å². The molecule has 0 aromatic heterocycles. The second-order valence-corrected chi connectivity index (χ2v) is 7.23. The van der Waals surface area contributed by atoms with Gasteiger partial charge in [-0.05, 0) is 63.6 Å². The van der Waals surface area contributed by atoms with Crippen molar-refractivity contribution in [3.05, 3.63) is 59.1 Å². The summed E-state index contributed by atoms with van der Waals surface area (Å²) in [6.07, 6.45) is 0.105. The number of amides is 2. The number of urea groups is 1. The molecule has 2 aromatic rings. The molecule has 2 amide bonds. The van der Waals surface area contributed by atoms with E-state index in [0.29, 0.717) is 17.5 Å². The zero-order chi connectivity index (χ0) is 20.5. The second-order valence-electron chi connectivity index (χ2n) is 6.83. The van der Waals surface area contributed by atoms with Gasteiger partial charge in [-0.2, -0.15) is 4.99 Å². The van der Waals surface area contributed by atoms with Crippen LogP contribution in [-0.4, -0.2) is 24.1 Å². The third kappa shape index (κ3) is 7.48. The Morgan fingerprint density at radius 3 is 2.36 bits per heavy atom. The standard InChI is InChI=1S/C21H27ClN4O2/c1-14(2)24-21(27)26-20(23-13-16-7-5-6-8-19(16)22)25-17-9-11-18(12-10-17)28-15(3)4/h5-12,14-15H,13H2,1-4H3,(H3,23,24,25,26,27). The minimum absolute atomic E-state index is 0.00599. The first-order valence-electron chi connectivity index (χ1n) is 9.23. The van der Waals surface area contributed by atoms with Crippen LogP contribution < -0.4 is 20.7 Å². The predicted molar refractivity (Wildman–Crippen MR) is 115 cm³/mol. The summed E-state index contributed by atoms with van der Waals surface area (Å²) in [7, 11) is 0. The van der Waals surface area contributed by atoms with E-state index in [-0.39, 0.29) is 12.1 Å². The van der Waals surface area contributed by atoms with Crippen molar-refractivity contribution < 1.29 is 9.53 Å². The first-order chi connectivity index (χ1) is 13.3. The Morgan fingerprint density at radius 1 is 1.07 bits per heavy atom. The van der Waals surface area contributed by atoms with Crippen LogP contribution >= 0.6 is 11.6 Å². The third-order valence-electron chi connectivity index (χ3n) is 3.52. The molecule has 2 rings (SSSR count). The van der Waals surface area contributed by atoms with E-state index in [9.17, 15) is 4.79 Å². The molecule has 0 heterocycles. The number of carbonyl (C=O) groups excluding carboxylic acids is 1. The second kappa shape index (κ2) is 10.6. The minimum Gasteiger partial charge on any atom is -0.491 e. The maximum Gasteiger partial charge on any atom is 0.344 e. The number of benzene rings is 2. The molecule has 0 aliphatic rings. The summed E-state index contributed by atoms with van der Waals surface area (Å²) >= 11 is 6.21. The molecular weight excluding hydrogens is 376 g/mol. The Morgan fingerprint density at radius 2 is 1.75 bits per heavy atom. The summed E-state index contributed by atoms with van der Waals surface area (Å²) in [5.74, 6) is 1.11. The van der Waals surface area contributed by atoms with Gasteiger partial charge in [0.2, 0.25) is 5.96 Å². The molecule has 2 aromatic carbocycles.